The highest BCUT2D eigenvalue weighted by Gasteiger charge is 2.05. The second kappa shape index (κ2) is 2.66. The van der Waals surface area contributed by atoms with Gasteiger partial charge in [0.25, 0.3) is 0 Å². The van der Waals surface area contributed by atoms with Crippen LogP contribution in [-0.4, -0.2) is 4.40 Å². The lowest BCUT2D eigenvalue weighted by Gasteiger charge is -1.92. The molecule has 13 heavy (non-hydrogen) atoms. The molecule has 0 aliphatic heterocycles. The minimum Gasteiger partial charge on any atom is -0.307 e. The molecule has 60 valence electrons. The normalized spacial score (nSPS) is 9.38. The molecule has 0 aliphatic rings. The summed E-state index contributed by atoms with van der Waals surface area (Å²) in [6.45, 7) is 0. The van der Waals surface area contributed by atoms with E-state index in [0.29, 0.717) is 11.3 Å². The molecule has 0 amide bonds. The van der Waals surface area contributed by atoms with E-state index in [4.69, 9.17) is 10.5 Å². The first-order valence-electron chi connectivity index (χ1n) is 3.77. The summed E-state index contributed by atoms with van der Waals surface area (Å²) in [6.07, 6.45) is 1.77. The van der Waals surface area contributed by atoms with Crippen molar-refractivity contribution in [2.45, 2.75) is 0 Å². The van der Waals surface area contributed by atoms with Crippen LogP contribution >= 0.6 is 0 Å². The van der Waals surface area contributed by atoms with Crippen LogP contribution in [0.25, 0.3) is 5.52 Å². The Kier molecular flexibility index (Phi) is 1.51. The number of fused-ring (bicyclic) bond motifs is 1. The maximum absolute atomic E-state index is 8.77. The minimum atomic E-state index is 0.493. The minimum absolute atomic E-state index is 0.493. The van der Waals surface area contributed by atoms with Crippen LogP contribution in [0, 0.1) is 22.7 Å². The molecule has 0 unspecified atom stereocenters. The van der Waals surface area contributed by atoms with Crippen molar-refractivity contribution in [3.63, 3.8) is 0 Å². The molecule has 2 heterocycles. The molecular formula is C10H5N3. The van der Waals surface area contributed by atoms with E-state index < -0.39 is 0 Å². The van der Waals surface area contributed by atoms with Gasteiger partial charge in [0, 0.05) is 6.20 Å². The molecule has 0 radical (unpaired) electrons. The van der Waals surface area contributed by atoms with Gasteiger partial charge in [-0.2, -0.15) is 10.5 Å². The molecule has 2 rings (SSSR count). The highest BCUT2D eigenvalue weighted by atomic mass is 14.9. The summed E-state index contributed by atoms with van der Waals surface area (Å²) in [6, 6.07) is 11.2. The van der Waals surface area contributed by atoms with Gasteiger partial charge in [-0.3, -0.25) is 0 Å². The molecule has 0 fully saturated rings. The molecule has 0 bridgehead atoms. The van der Waals surface area contributed by atoms with Crippen molar-refractivity contribution >= 4 is 5.52 Å². The lowest BCUT2D eigenvalue weighted by molar-refractivity contribution is 1.16. The van der Waals surface area contributed by atoms with Gasteiger partial charge >= 0.3 is 0 Å². The van der Waals surface area contributed by atoms with Gasteiger partial charge in [0.1, 0.15) is 17.8 Å². The standard InChI is InChI=1S/C10H5N3/c11-6-8-5-9(7-12)13-4-2-1-3-10(8)13/h1-5H. The van der Waals surface area contributed by atoms with Crippen molar-refractivity contribution in [1.82, 2.24) is 4.40 Å². The molecule has 0 spiro atoms. The molecule has 0 atom stereocenters. The van der Waals surface area contributed by atoms with E-state index in [-0.39, 0.29) is 0 Å². The Morgan fingerprint density at radius 1 is 1.15 bits per heavy atom. The van der Waals surface area contributed by atoms with Crippen LogP contribution in [0.15, 0.2) is 30.5 Å². The number of pyridine rings is 1. The van der Waals surface area contributed by atoms with Crippen molar-refractivity contribution in [3.8, 4) is 12.1 Å². The summed E-state index contributed by atoms with van der Waals surface area (Å²) in [5.41, 5.74) is 1.81. The lowest BCUT2D eigenvalue weighted by atomic mass is 10.3. The highest BCUT2D eigenvalue weighted by molar-refractivity contribution is 5.64. The number of aromatic nitrogens is 1. The molecule has 0 saturated heterocycles. The molecule has 3 nitrogen and oxygen atoms in total. The highest BCUT2D eigenvalue weighted by Crippen LogP contribution is 2.14. The second-order valence-electron chi connectivity index (χ2n) is 2.62. The monoisotopic (exact) mass is 167 g/mol. The third-order valence-corrected chi connectivity index (χ3v) is 1.91. The molecule has 0 aromatic carbocycles. The topological polar surface area (TPSA) is 52.0 Å². The van der Waals surface area contributed by atoms with E-state index in [1.807, 2.05) is 24.3 Å². The van der Waals surface area contributed by atoms with Crippen LogP contribution in [-0.2, 0) is 0 Å². The van der Waals surface area contributed by atoms with Gasteiger partial charge in [-0.05, 0) is 18.2 Å². The number of hydrogen-bond donors (Lipinski definition) is 0. The molecule has 0 saturated carbocycles. The van der Waals surface area contributed by atoms with E-state index >= 15 is 0 Å². The number of hydrogen-bond acceptors (Lipinski definition) is 2. The SMILES string of the molecule is N#Cc1cc(C#N)n2ccccc12. The Hall–Kier alpha value is -2.26. The Morgan fingerprint density at radius 3 is 2.69 bits per heavy atom. The lowest BCUT2D eigenvalue weighted by Crippen LogP contribution is -1.84. The van der Waals surface area contributed by atoms with Crippen LogP contribution in [0.5, 0.6) is 0 Å². The van der Waals surface area contributed by atoms with Gasteiger partial charge < -0.3 is 4.40 Å². The Morgan fingerprint density at radius 2 is 2.00 bits per heavy atom. The van der Waals surface area contributed by atoms with Crippen LogP contribution in [0.4, 0.5) is 0 Å². The Labute approximate surface area is 75.1 Å². The summed E-state index contributed by atoms with van der Waals surface area (Å²) < 4.78 is 1.71. The fourth-order valence-corrected chi connectivity index (χ4v) is 1.33. The smallest absolute Gasteiger partial charge is 0.126 e. The van der Waals surface area contributed by atoms with Gasteiger partial charge in [0.15, 0.2) is 0 Å². The van der Waals surface area contributed by atoms with Crippen LogP contribution < -0.4 is 0 Å². The van der Waals surface area contributed by atoms with Crippen LogP contribution in [0.3, 0.4) is 0 Å². The molecule has 3 heteroatoms. The third-order valence-electron chi connectivity index (χ3n) is 1.91. The number of rotatable bonds is 0. The van der Waals surface area contributed by atoms with Gasteiger partial charge in [0.2, 0.25) is 0 Å². The third kappa shape index (κ3) is 0.953. The summed E-state index contributed by atoms with van der Waals surface area (Å²) in [7, 11) is 0. The maximum atomic E-state index is 8.77. The van der Waals surface area contributed by atoms with E-state index in [0.717, 1.165) is 5.52 Å². The fourth-order valence-electron chi connectivity index (χ4n) is 1.33. The average Bonchev–Trinajstić information content (AvgIpc) is 2.56. The van der Waals surface area contributed by atoms with Crippen LogP contribution in [0.1, 0.15) is 11.3 Å². The zero-order valence-corrected chi connectivity index (χ0v) is 6.73. The van der Waals surface area contributed by atoms with Crippen molar-refractivity contribution < 1.29 is 0 Å². The van der Waals surface area contributed by atoms with Gasteiger partial charge in [-0.15, -0.1) is 0 Å². The zero-order chi connectivity index (χ0) is 9.26. The van der Waals surface area contributed by atoms with Crippen molar-refractivity contribution in [2.75, 3.05) is 0 Å². The van der Waals surface area contributed by atoms with E-state index in [2.05, 4.69) is 6.07 Å². The zero-order valence-electron chi connectivity index (χ0n) is 6.73. The largest absolute Gasteiger partial charge is 0.307 e. The predicted molar refractivity (Wildman–Crippen MR) is 46.8 cm³/mol. The first kappa shape index (κ1) is 7.39. The molecule has 0 aliphatic carbocycles. The van der Waals surface area contributed by atoms with Gasteiger partial charge in [0.05, 0.1) is 11.1 Å². The van der Waals surface area contributed by atoms with Gasteiger partial charge in [-0.1, -0.05) is 6.07 Å². The molecule has 2 aromatic heterocycles. The molecule has 2 aromatic rings. The maximum Gasteiger partial charge on any atom is 0.126 e. The summed E-state index contributed by atoms with van der Waals surface area (Å²) in [5.74, 6) is 0. The van der Waals surface area contributed by atoms with Crippen molar-refractivity contribution in [1.29, 1.82) is 10.5 Å². The molecule has 0 N–H and O–H groups in total. The number of nitrogens with zero attached hydrogens (tertiary/aromatic N) is 3. The number of nitriles is 2. The average molecular weight is 167 g/mol. The first-order chi connectivity index (χ1) is 6.36. The second-order valence-corrected chi connectivity index (χ2v) is 2.62. The quantitative estimate of drug-likeness (QED) is 0.599. The van der Waals surface area contributed by atoms with E-state index in [9.17, 15) is 0 Å². The summed E-state index contributed by atoms with van der Waals surface area (Å²) >= 11 is 0. The van der Waals surface area contributed by atoms with E-state index in [1.165, 1.54) is 0 Å². The van der Waals surface area contributed by atoms with Gasteiger partial charge in [-0.25, -0.2) is 0 Å². The Bertz CT molecular complexity index is 489. The van der Waals surface area contributed by atoms with Crippen molar-refractivity contribution in [2.24, 2.45) is 0 Å². The first-order valence-corrected chi connectivity index (χ1v) is 3.77. The fraction of sp³-hybridized carbons (Fsp3) is 0. The van der Waals surface area contributed by atoms with E-state index in [1.54, 1.807) is 16.7 Å². The molecular weight excluding hydrogens is 162 g/mol. The predicted octanol–water partition coefficient (Wildman–Crippen LogP) is 1.68. The summed E-state index contributed by atoms with van der Waals surface area (Å²) in [5, 5.41) is 17.5. The Balaban J connectivity index is 2.94. The van der Waals surface area contributed by atoms with Crippen molar-refractivity contribution in [3.05, 3.63) is 41.7 Å². The summed E-state index contributed by atoms with van der Waals surface area (Å²) in [4.78, 5) is 0. The van der Waals surface area contributed by atoms with Crippen LogP contribution in [0.2, 0.25) is 0 Å².